The molecule has 2 N–H and O–H groups in total. The highest BCUT2D eigenvalue weighted by molar-refractivity contribution is 5.80. The van der Waals surface area contributed by atoms with Gasteiger partial charge in [0.2, 0.25) is 5.91 Å². The Labute approximate surface area is 143 Å². The molecule has 1 unspecified atom stereocenters. The van der Waals surface area contributed by atoms with E-state index in [1.807, 2.05) is 19.1 Å². The van der Waals surface area contributed by atoms with Gasteiger partial charge in [-0.05, 0) is 67.5 Å². The number of carbonyl (C=O) groups excluding carboxylic acids is 1. The summed E-state index contributed by atoms with van der Waals surface area (Å²) in [7, 11) is 0. The van der Waals surface area contributed by atoms with Crippen LogP contribution in [0, 0.1) is 26.7 Å². The molecule has 2 atom stereocenters. The molecule has 0 bridgehead atoms. The van der Waals surface area contributed by atoms with Crippen molar-refractivity contribution in [1.82, 2.24) is 5.32 Å². The molecule has 1 heterocycles. The van der Waals surface area contributed by atoms with Gasteiger partial charge in [0.05, 0.1) is 0 Å². The van der Waals surface area contributed by atoms with Crippen LogP contribution in [-0.2, 0) is 11.2 Å². The van der Waals surface area contributed by atoms with Gasteiger partial charge in [-0.2, -0.15) is 0 Å². The van der Waals surface area contributed by atoms with Gasteiger partial charge in [0.25, 0.3) is 0 Å². The Bertz CT molecular complexity index is 766. The van der Waals surface area contributed by atoms with Gasteiger partial charge < -0.3 is 10.4 Å². The van der Waals surface area contributed by atoms with Crippen molar-refractivity contribution < 1.29 is 9.90 Å². The van der Waals surface area contributed by atoms with E-state index in [0.29, 0.717) is 24.6 Å². The summed E-state index contributed by atoms with van der Waals surface area (Å²) in [6.07, 6.45) is 1.59. The Morgan fingerprint density at radius 1 is 1.04 bits per heavy atom. The van der Waals surface area contributed by atoms with Gasteiger partial charge in [0.1, 0.15) is 5.75 Å². The number of hydrogen-bond donors (Lipinski definition) is 2. The molecule has 24 heavy (non-hydrogen) atoms. The molecule has 3 rings (SSSR count). The van der Waals surface area contributed by atoms with Crippen molar-refractivity contribution in [3.8, 4) is 5.75 Å². The standard InChI is InChI=1S/C21H25NO2/c1-13-4-6-17(9-14(13)2)19-11-18(21(24)22-12-19)10-16-5-7-20(23)15(3)8-16/h4-9,18-19,23H,10-12H2,1-3H3,(H,22,24)/t18?,19-/m1/s1. The lowest BCUT2D eigenvalue weighted by molar-refractivity contribution is -0.126. The molecule has 126 valence electrons. The predicted octanol–water partition coefficient (Wildman–Crippen LogP) is 3.78. The fourth-order valence-electron chi connectivity index (χ4n) is 3.48. The SMILES string of the molecule is Cc1ccc([C@H]2CNC(=O)C(Cc3ccc(O)c(C)c3)C2)cc1C. The molecule has 1 aliphatic heterocycles. The number of nitrogens with one attached hydrogen (secondary N) is 1. The average molecular weight is 323 g/mol. The predicted molar refractivity (Wildman–Crippen MR) is 96.3 cm³/mol. The average Bonchev–Trinajstić information content (AvgIpc) is 2.56. The lowest BCUT2D eigenvalue weighted by Crippen LogP contribution is -2.41. The van der Waals surface area contributed by atoms with Crippen LogP contribution in [0.4, 0.5) is 0 Å². The number of phenolic OH excluding ortho intramolecular Hbond substituents is 1. The van der Waals surface area contributed by atoms with Crippen molar-refractivity contribution >= 4 is 5.91 Å². The second kappa shape index (κ2) is 6.68. The number of benzene rings is 2. The zero-order chi connectivity index (χ0) is 17.3. The third kappa shape index (κ3) is 3.45. The van der Waals surface area contributed by atoms with E-state index in [-0.39, 0.29) is 11.8 Å². The maximum Gasteiger partial charge on any atom is 0.223 e. The van der Waals surface area contributed by atoms with E-state index >= 15 is 0 Å². The van der Waals surface area contributed by atoms with Crippen LogP contribution in [-0.4, -0.2) is 17.6 Å². The van der Waals surface area contributed by atoms with Crippen molar-refractivity contribution in [3.63, 3.8) is 0 Å². The molecule has 1 fully saturated rings. The Balaban J connectivity index is 1.76. The van der Waals surface area contributed by atoms with Crippen LogP contribution in [0.5, 0.6) is 5.75 Å². The van der Waals surface area contributed by atoms with E-state index < -0.39 is 0 Å². The molecule has 0 aliphatic carbocycles. The van der Waals surface area contributed by atoms with Gasteiger partial charge in [-0.15, -0.1) is 0 Å². The van der Waals surface area contributed by atoms with E-state index in [2.05, 4.69) is 37.4 Å². The summed E-state index contributed by atoms with van der Waals surface area (Å²) >= 11 is 0. The van der Waals surface area contributed by atoms with Crippen LogP contribution in [0.3, 0.4) is 0 Å². The minimum Gasteiger partial charge on any atom is -0.508 e. The smallest absolute Gasteiger partial charge is 0.223 e. The number of aryl methyl sites for hydroxylation is 3. The highest BCUT2D eigenvalue weighted by atomic mass is 16.3. The molecule has 2 aromatic rings. The summed E-state index contributed by atoms with van der Waals surface area (Å²) in [6.45, 7) is 6.86. The first-order valence-corrected chi connectivity index (χ1v) is 8.57. The number of aromatic hydroxyl groups is 1. The normalized spacial score (nSPS) is 20.7. The topological polar surface area (TPSA) is 49.3 Å². The van der Waals surface area contributed by atoms with Crippen LogP contribution in [0.2, 0.25) is 0 Å². The second-order valence-electron chi connectivity index (χ2n) is 7.04. The Morgan fingerprint density at radius 3 is 2.54 bits per heavy atom. The third-order valence-electron chi connectivity index (χ3n) is 5.21. The van der Waals surface area contributed by atoms with Gasteiger partial charge in [-0.25, -0.2) is 0 Å². The summed E-state index contributed by atoms with van der Waals surface area (Å²) in [5.41, 5.74) is 5.87. The van der Waals surface area contributed by atoms with Crippen molar-refractivity contribution in [2.75, 3.05) is 6.54 Å². The number of carbonyl (C=O) groups is 1. The second-order valence-corrected chi connectivity index (χ2v) is 7.04. The number of rotatable bonds is 3. The largest absolute Gasteiger partial charge is 0.508 e. The van der Waals surface area contributed by atoms with Crippen LogP contribution in [0.15, 0.2) is 36.4 Å². The van der Waals surface area contributed by atoms with E-state index in [1.54, 1.807) is 6.07 Å². The highest BCUT2D eigenvalue weighted by Gasteiger charge is 2.29. The summed E-state index contributed by atoms with van der Waals surface area (Å²) in [4.78, 5) is 12.3. The summed E-state index contributed by atoms with van der Waals surface area (Å²) in [6, 6.07) is 12.2. The Morgan fingerprint density at radius 2 is 1.83 bits per heavy atom. The summed E-state index contributed by atoms with van der Waals surface area (Å²) in [5, 5.41) is 12.7. The quantitative estimate of drug-likeness (QED) is 0.903. The van der Waals surface area contributed by atoms with Crippen LogP contribution in [0.1, 0.15) is 40.2 Å². The lowest BCUT2D eigenvalue weighted by Gasteiger charge is -2.30. The van der Waals surface area contributed by atoms with Gasteiger partial charge in [-0.3, -0.25) is 4.79 Å². The number of phenols is 1. The zero-order valence-corrected chi connectivity index (χ0v) is 14.6. The van der Waals surface area contributed by atoms with Crippen LogP contribution < -0.4 is 5.32 Å². The number of amides is 1. The fourth-order valence-corrected chi connectivity index (χ4v) is 3.48. The highest BCUT2D eigenvalue weighted by Crippen LogP contribution is 2.30. The van der Waals surface area contributed by atoms with Gasteiger partial charge in [0.15, 0.2) is 0 Å². The maximum absolute atomic E-state index is 12.3. The fraction of sp³-hybridized carbons (Fsp3) is 0.381. The first kappa shape index (κ1) is 16.6. The molecule has 2 aromatic carbocycles. The van der Waals surface area contributed by atoms with Crippen molar-refractivity contribution in [1.29, 1.82) is 0 Å². The molecule has 3 heteroatoms. The first-order chi connectivity index (χ1) is 11.4. The van der Waals surface area contributed by atoms with E-state index in [1.165, 1.54) is 16.7 Å². The first-order valence-electron chi connectivity index (χ1n) is 8.57. The minimum atomic E-state index is -0.0192. The van der Waals surface area contributed by atoms with E-state index in [0.717, 1.165) is 17.5 Å². The lowest BCUT2D eigenvalue weighted by atomic mass is 9.81. The van der Waals surface area contributed by atoms with Crippen LogP contribution >= 0.6 is 0 Å². The van der Waals surface area contributed by atoms with Crippen molar-refractivity contribution in [2.24, 2.45) is 5.92 Å². The molecule has 3 nitrogen and oxygen atoms in total. The molecule has 1 saturated heterocycles. The molecule has 0 saturated carbocycles. The van der Waals surface area contributed by atoms with Gasteiger partial charge in [0, 0.05) is 18.4 Å². The van der Waals surface area contributed by atoms with Crippen LogP contribution in [0.25, 0.3) is 0 Å². The van der Waals surface area contributed by atoms with E-state index in [4.69, 9.17) is 0 Å². The van der Waals surface area contributed by atoms with Crippen molar-refractivity contribution in [3.05, 3.63) is 64.2 Å². The van der Waals surface area contributed by atoms with Gasteiger partial charge >= 0.3 is 0 Å². The zero-order valence-electron chi connectivity index (χ0n) is 14.6. The number of piperidine rings is 1. The monoisotopic (exact) mass is 323 g/mol. The minimum absolute atomic E-state index is 0.0192. The number of hydrogen-bond acceptors (Lipinski definition) is 2. The Kier molecular flexibility index (Phi) is 4.61. The molecule has 0 radical (unpaired) electrons. The molecule has 1 amide bonds. The third-order valence-corrected chi connectivity index (χ3v) is 5.21. The van der Waals surface area contributed by atoms with E-state index in [9.17, 15) is 9.90 Å². The summed E-state index contributed by atoms with van der Waals surface area (Å²) in [5.74, 6) is 0.792. The molecular weight excluding hydrogens is 298 g/mol. The molecule has 1 aliphatic rings. The van der Waals surface area contributed by atoms with Gasteiger partial charge in [-0.1, -0.05) is 30.3 Å². The Hall–Kier alpha value is -2.29. The molecular formula is C21H25NO2. The maximum atomic E-state index is 12.3. The molecule has 0 aromatic heterocycles. The summed E-state index contributed by atoms with van der Waals surface area (Å²) < 4.78 is 0. The molecule has 0 spiro atoms. The van der Waals surface area contributed by atoms with Crippen molar-refractivity contribution in [2.45, 2.75) is 39.5 Å².